The SMILES string of the molecule is CCN(Cc1ccccc1)C(=O)C(C)(C)C(=O)Nc1c(F)cccc1F. The molecule has 4 nitrogen and oxygen atoms in total. The molecule has 0 unspecified atom stereocenters. The van der Waals surface area contributed by atoms with Crippen LogP contribution in [0.25, 0.3) is 0 Å². The van der Waals surface area contributed by atoms with Crippen molar-refractivity contribution in [3.05, 3.63) is 65.7 Å². The van der Waals surface area contributed by atoms with E-state index in [1.165, 1.54) is 24.8 Å². The van der Waals surface area contributed by atoms with Gasteiger partial charge in [-0.2, -0.15) is 0 Å². The number of anilines is 1. The number of nitrogens with one attached hydrogen (secondary N) is 1. The summed E-state index contributed by atoms with van der Waals surface area (Å²) in [5.41, 5.74) is -1.11. The fourth-order valence-electron chi connectivity index (χ4n) is 2.51. The molecule has 0 atom stereocenters. The van der Waals surface area contributed by atoms with Crippen molar-refractivity contribution in [1.82, 2.24) is 4.90 Å². The Hall–Kier alpha value is -2.76. The van der Waals surface area contributed by atoms with E-state index in [2.05, 4.69) is 5.32 Å². The number of hydrogen-bond donors (Lipinski definition) is 1. The van der Waals surface area contributed by atoms with Gasteiger partial charge in [-0.25, -0.2) is 8.78 Å². The van der Waals surface area contributed by atoms with Crippen LogP contribution < -0.4 is 5.32 Å². The molecule has 0 radical (unpaired) electrons. The smallest absolute Gasteiger partial charge is 0.239 e. The Balaban J connectivity index is 2.18. The molecule has 0 aliphatic heterocycles. The van der Waals surface area contributed by atoms with Gasteiger partial charge in [-0.05, 0) is 38.5 Å². The van der Waals surface area contributed by atoms with Crippen LogP contribution in [0.4, 0.5) is 14.5 Å². The van der Waals surface area contributed by atoms with Gasteiger partial charge in [0.2, 0.25) is 11.8 Å². The maximum absolute atomic E-state index is 13.8. The lowest BCUT2D eigenvalue weighted by Gasteiger charge is -2.30. The average Bonchev–Trinajstić information content (AvgIpc) is 2.62. The second kappa shape index (κ2) is 8.08. The van der Waals surface area contributed by atoms with Crippen molar-refractivity contribution in [3.63, 3.8) is 0 Å². The molecular formula is C20H22F2N2O2. The highest BCUT2D eigenvalue weighted by molar-refractivity contribution is 6.09. The minimum atomic E-state index is -1.49. The number of rotatable bonds is 6. The Morgan fingerprint density at radius 1 is 1.00 bits per heavy atom. The molecule has 2 rings (SSSR count). The predicted molar refractivity (Wildman–Crippen MR) is 96.3 cm³/mol. The number of halogens is 2. The average molecular weight is 360 g/mol. The van der Waals surface area contributed by atoms with Gasteiger partial charge in [-0.3, -0.25) is 9.59 Å². The molecular weight excluding hydrogens is 338 g/mol. The van der Waals surface area contributed by atoms with E-state index in [0.717, 1.165) is 17.7 Å². The molecule has 0 aliphatic carbocycles. The van der Waals surface area contributed by atoms with Crippen LogP contribution in [0.15, 0.2) is 48.5 Å². The maximum atomic E-state index is 13.8. The first-order valence-corrected chi connectivity index (χ1v) is 8.36. The summed E-state index contributed by atoms with van der Waals surface area (Å²) in [6, 6.07) is 12.7. The molecule has 0 saturated heterocycles. The zero-order valence-corrected chi connectivity index (χ0v) is 15.1. The van der Waals surface area contributed by atoms with E-state index in [-0.39, 0.29) is 0 Å². The van der Waals surface area contributed by atoms with E-state index >= 15 is 0 Å². The minimum absolute atomic E-state index is 0.348. The van der Waals surface area contributed by atoms with Crippen molar-refractivity contribution in [2.45, 2.75) is 27.3 Å². The van der Waals surface area contributed by atoms with E-state index in [9.17, 15) is 18.4 Å². The number of hydrogen-bond acceptors (Lipinski definition) is 2. The van der Waals surface area contributed by atoms with Crippen LogP contribution >= 0.6 is 0 Å². The highest BCUT2D eigenvalue weighted by Gasteiger charge is 2.39. The van der Waals surface area contributed by atoms with Crippen LogP contribution in [0.5, 0.6) is 0 Å². The lowest BCUT2D eigenvalue weighted by molar-refractivity contribution is -0.146. The van der Waals surface area contributed by atoms with E-state index in [4.69, 9.17) is 0 Å². The molecule has 0 bridgehead atoms. The van der Waals surface area contributed by atoms with Gasteiger partial charge in [-0.1, -0.05) is 36.4 Å². The molecule has 26 heavy (non-hydrogen) atoms. The molecule has 0 heterocycles. The second-order valence-electron chi connectivity index (χ2n) is 6.48. The fourth-order valence-corrected chi connectivity index (χ4v) is 2.51. The van der Waals surface area contributed by atoms with Crippen LogP contribution in [-0.2, 0) is 16.1 Å². The summed E-state index contributed by atoms with van der Waals surface area (Å²) >= 11 is 0. The highest BCUT2D eigenvalue weighted by Crippen LogP contribution is 2.25. The van der Waals surface area contributed by atoms with Crippen LogP contribution in [0.1, 0.15) is 26.3 Å². The molecule has 2 aromatic carbocycles. The molecule has 0 spiro atoms. The first-order chi connectivity index (χ1) is 12.3. The molecule has 2 amide bonds. The first-order valence-electron chi connectivity index (χ1n) is 8.36. The molecule has 0 fully saturated rings. The van der Waals surface area contributed by atoms with Crippen LogP contribution in [-0.4, -0.2) is 23.3 Å². The third kappa shape index (κ3) is 4.25. The summed E-state index contributed by atoms with van der Waals surface area (Å²) in [5.74, 6) is -2.97. The number of carbonyl (C=O) groups is 2. The summed E-state index contributed by atoms with van der Waals surface area (Å²) in [6.07, 6.45) is 0. The molecule has 138 valence electrons. The highest BCUT2D eigenvalue weighted by atomic mass is 19.1. The normalized spacial score (nSPS) is 11.1. The monoisotopic (exact) mass is 360 g/mol. The Labute approximate surface area is 151 Å². The zero-order chi connectivity index (χ0) is 19.3. The van der Waals surface area contributed by atoms with Crippen LogP contribution in [0.2, 0.25) is 0 Å². The van der Waals surface area contributed by atoms with Crippen molar-refractivity contribution < 1.29 is 18.4 Å². The Kier molecular flexibility index (Phi) is 6.08. The predicted octanol–water partition coefficient (Wildman–Crippen LogP) is 3.98. The third-order valence-electron chi connectivity index (χ3n) is 4.19. The largest absolute Gasteiger partial charge is 0.338 e. The first kappa shape index (κ1) is 19.6. The van der Waals surface area contributed by atoms with E-state index in [1.54, 1.807) is 0 Å². The number of benzene rings is 2. The van der Waals surface area contributed by atoms with Gasteiger partial charge in [0.1, 0.15) is 22.7 Å². The van der Waals surface area contributed by atoms with Gasteiger partial charge in [0.15, 0.2) is 0 Å². The number of nitrogens with zero attached hydrogens (tertiary/aromatic N) is 1. The Morgan fingerprint density at radius 3 is 2.12 bits per heavy atom. The molecule has 6 heteroatoms. The van der Waals surface area contributed by atoms with Crippen molar-refractivity contribution in [3.8, 4) is 0 Å². The van der Waals surface area contributed by atoms with Crippen molar-refractivity contribution in [2.24, 2.45) is 5.41 Å². The summed E-state index contributed by atoms with van der Waals surface area (Å²) in [6.45, 7) is 5.44. The van der Waals surface area contributed by atoms with E-state index in [0.29, 0.717) is 13.1 Å². The summed E-state index contributed by atoms with van der Waals surface area (Å²) in [7, 11) is 0. The van der Waals surface area contributed by atoms with Crippen LogP contribution in [0.3, 0.4) is 0 Å². The van der Waals surface area contributed by atoms with E-state index in [1.807, 2.05) is 37.3 Å². The van der Waals surface area contributed by atoms with E-state index < -0.39 is 34.6 Å². The molecule has 0 aliphatic rings. The van der Waals surface area contributed by atoms with Gasteiger partial charge in [0.05, 0.1) is 0 Å². The van der Waals surface area contributed by atoms with Gasteiger partial charge in [0, 0.05) is 13.1 Å². The molecule has 1 N–H and O–H groups in total. The summed E-state index contributed by atoms with van der Waals surface area (Å²) in [4.78, 5) is 27.0. The number of carbonyl (C=O) groups excluding carboxylic acids is 2. The molecule has 0 aromatic heterocycles. The topological polar surface area (TPSA) is 49.4 Å². The second-order valence-corrected chi connectivity index (χ2v) is 6.48. The number of amides is 2. The van der Waals surface area contributed by atoms with Crippen molar-refractivity contribution >= 4 is 17.5 Å². The van der Waals surface area contributed by atoms with Crippen molar-refractivity contribution in [2.75, 3.05) is 11.9 Å². The Bertz CT molecular complexity index is 771. The summed E-state index contributed by atoms with van der Waals surface area (Å²) in [5, 5.41) is 2.21. The van der Waals surface area contributed by atoms with Gasteiger partial charge in [0.25, 0.3) is 0 Å². The minimum Gasteiger partial charge on any atom is -0.338 e. The quantitative estimate of drug-likeness (QED) is 0.792. The fraction of sp³-hybridized carbons (Fsp3) is 0.300. The Morgan fingerprint density at radius 2 is 1.58 bits per heavy atom. The van der Waals surface area contributed by atoms with Crippen LogP contribution in [0, 0.1) is 17.0 Å². The summed E-state index contributed by atoms with van der Waals surface area (Å²) < 4.78 is 27.5. The van der Waals surface area contributed by atoms with Gasteiger partial charge in [-0.15, -0.1) is 0 Å². The van der Waals surface area contributed by atoms with Gasteiger partial charge < -0.3 is 10.2 Å². The third-order valence-corrected chi connectivity index (χ3v) is 4.19. The van der Waals surface area contributed by atoms with Crippen molar-refractivity contribution in [1.29, 1.82) is 0 Å². The number of para-hydroxylation sites is 1. The van der Waals surface area contributed by atoms with Gasteiger partial charge >= 0.3 is 0 Å². The molecule has 2 aromatic rings. The maximum Gasteiger partial charge on any atom is 0.239 e. The molecule has 0 saturated carbocycles. The zero-order valence-electron chi connectivity index (χ0n) is 15.1. The lowest BCUT2D eigenvalue weighted by Crippen LogP contribution is -2.47. The lowest BCUT2D eigenvalue weighted by atomic mass is 9.89. The standard InChI is InChI=1S/C20H22F2N2O2/c1-4-24(13-14-9-6-5-7-10-14)19(26)20(2,3)18(25)23-17-15(21)11-8-12-16(17)22/h5-12H,4,13H2,1-3H3,(H,23,25).